The number of hydrogen-bond acceptors (Lipinski definition) is 5. The molecule has 1 aromatic carbocycles. The van der Waals surface area contributed by atoms with E-state index in [1.165, 1.54) is 14.2 Å². The lowest BCUT2D eigenvalue weighted by molar-refractivity contribution is -0.385. The average Bonchev–Trinajstić information content (AvgIpc) is 2.36. The van der Waals surface area contributed by atoms with Crippen LogP contribution in [-0.2, 0) is 5.41 Å². The summed E-state index contributed by atoms with van der Waals surface area (Å²) in [5.74, 6) is 0.536. The summed E-state index contributed by atoms with van der Waals surface area (Å²) in [4.78, 5) is 10.7. The normalized spacial score (nSPS) is 16.6. The molecule has 2 rings (SSSR count). The maximum Gasteiger partial charge on any atom is 0.315 e. The summed E-state index contributed by atoms with van der Waals surface area (Å²) in [7, 11) is 2.87. The first-order chi connectivity index (χ1) is 9.07. The fourth-order valence-electron chi connectivity index (χ4n) is 2.60. The lowest BCUT2D eigenvalue weighted by Gasteiger charge is -2.41. The van der Waals surface area contributed by atoms with Crippen molar-refractivity contribution in [3.8, 4) is 11.5 Å². The second kappa shape index (κ2) is 5.05. The molecular weight excluding hydrogens is 248 g/mol. The van der Waals surface area contributed by atoms with Gasteiger partial charge in [-0.15, -0.1) is 0 Å². The van der Waals surface area contributed by atoms with E-state index in [1.807, 2.05) is 0 Å². The molecule has 0 atom stereocenters. The van der Waals surface area contributed by atoms with Gasteiger partial charge in [0.2, 0.25) is 5.75 Å². The molecule has 0 unspecified atom stereocenters. The van der Waals surface area contributed by atoms with Crippen molar-refractivity contribution in [1.82, 2.24) is 0 Å². The predicted molar refractivity (Wildman–Crippen MR) is 70.8 cm³/mol. The molecule has 0 aromatic heterocycles. The van der Waals surface area contributed by atoms with E-state index in [1.54, 1.807) is 12.1 Å². The first-order valence-corrected chi connectivity index (χ1v) is 6.19. The molecular formula is C13H18N2O4. The van der Waals surface area contributed by atoms with Gasteiger partial charge in [0.25, 0.3) is 0 Å². The van der Waals surface area contributed by atoms with Crippen LogP contribution in [-0.4, -0.2) is 25.7 Å². The molecule has 0 amide bonds. The Morgan fingerprint density at radius 1 is 1.37 bits per heavy atom. The molecule has 6 nitrogen and oxygen atoms in total. The van der Waals surface area contributed by atoms with E-state index < -0.39 is 4.92 Å². The molecule has 1 saturated carbocycles. The fourth-order valence-corrected chi connectivity index (χ4v) is 2.60. The summed E-state index contributed by atoms with van der Waals surface area (Å²) in [5.41, 5.74) is 6.49. The average molecular weight is 266 g/mol. The standard InChI is InChI=1S/C13H18N2O4/c1-18-11-7-9(13(8-14)4-3-5-13)6-10(15(16)17)12(11)19-2/h6-7H,3-5,8,14H2,1-2H3. The molecule has 0 bridgehead atoms. The van der Waals surface area contributed by atoms with Gasteiger partial charge in [-0.1, -0.05) is 6.42 Å². The highest BCUT2D eigenvalue weighted by Crippen LogP contribution is 2.48. The molecule has 0 saturated heterocycles. The molecule has 2 N–H and O–H groups in total. The maximum atomic E-state index is 11.2. The monoisotopic (exact) mass is 266 g/mol. The van der Waals surface area contributed by atoms with Crippen LogP contribution in [0.25, 0.3) is 0 Å². The van der Waals surface area contributed by atoms with Gasteiger partial charge in [-0.05, 0) is 24.5 Å². The van der Waals surface area contributed by atoms with Gasteiger partial charge in [-0.2, -0.15) is 0 Å². The second-order valence-electron chi connectivity index (χ2n) is 4.83. The summed E-state index contributed by atoms with van der Waals surface area (Å²) in [6.45, 7) is 0.486. The van der Waals surface area contributed by atoms with Crippen LogP contribution >= 0.6 is 0 Å². The van der Waals surface area contributed by atoms with E-state index in [0.717, 1.165) is 24.8 Å². The van der Waals surface area contributed by atoms with E-state index in [-0.39, 0.29) is 16.9 Å². The van der Waals surface area contributed by atoms with Gasteiger partial charge in [0, 0.05) is 18.0 Å². The highest BCUT2D eigenvalue weighted by Gasteiger charge is 2.39. The number of rotatable bonds is 5. The molecule has 1 aromatic rings. The Balaban J connectivity index is 2.58. The molecule has 0 spiro atoms. The van der Waals surface area contributed by atoms with E-state index in [4.69, 9.17) is 15.2 Å². The van der Waals surface area contributed by atoms with Gasteiger partial charge in [-0.3, -0.25) is 10.1 Å². The number of nitro benzene ring substituents is 1. The first kappa shape index (κ1) is 13.6. The Kier molecular flexibility index (Phi) is 3.61. The number of methoxy groups -OCH3 is 2. The summed E-state index contributed by atoms with van der Waals surface area (Å²) < 4.78 is 10.3. The van der Waals surface area contributed by atoms with Gasteiger partial charge < -0.3 is 15.2 Å². The molecule has 104 valence electrons. The second-order valence-corrected chi connectivity index (χ2v) is 4.83. The van der Waals surface area contributed by atoms with E-state index in [0.29, 0.717) is 12.3 Å². The van der Waals surface area contributed by atoms with Crippen molar-refractivity contribution in [2.75, 3.05) is 20.8 Å². The smallest absolute Gasteiger partial charge is 0.315 e. The van der Waals surface area contributed by atoms with Crippen molar-refractivity contribution in [2.24, 2.45) is 5.73 Å². The zero-order valence-corrected chi connectivity index (χ0v) is 11.1. The van der Waals surface area contributed by atoms with Crippen LogP contribution in [0.4, 0.5) is 5.69 Å². The maximum absolute atomic E-state index is 11.2. The summed E-state index contributed by atoms with van der Waals surface area (Å²) >= 11 is 0. The summed E-state index contributed by atoms with van der Waals surface area (Å²) in [6.07, 6.45) is 3.01. The van der Waals surface area contributed by atoms with Gasteiger partial charge in [0.15, 0.2) is 5.75 Å². The minimum atomic E-state index is -0.451. The lowest BCUT2D eigenvalue weighted by Crippen LogP contribution is -2.41. The molecule has 19 heavy (non-hydrogen) atoms. The van der Waals surface area contributed by atoms with E-state index >= 15 is 0 Å². The van der Waals surface area contributed by atoms with Crippen LogP contribution in [0, 0.1) is 10.1 Å². The quantitative estimate of drug-likeness (QED) is 0.650. The highest BCUT2D eigenvalue weighted by atomic mass is 16.6. The van der Waals surface area contributed by atoms with Gasteiger partial charge in [0.05, 0.1) is 19.1 Å². The number of ether oxygens (including phenoxy) is 2. The molecule has 0 radical (unpaired) electrons. The van der Waals surface area contributed by atoms with Crippen molar-refractivity contribution in [2.45, 2.75) is 24.7 Å². The highest BCUT2D eigenvalue weighted by molar-refractivity contribution is 5.59. The lowest BCUT2D eigenvalue weighted by atomic mass is 9.64. The zero-order chi connectivity index (χ0) is 14.0. The topological polar surface area (TPSA) is 87.6 Å². The molecule has 1 fully saturated rings. The van der Waals surface area contributed by atoms with Crippen molar-refractivity contribution in [3.63, 3.8) is 0 Å². The predicted octanol–water partition coefficient (Wildman–Crippen LogP) is 1.99. The van der Waals surface area contributed by atoms with Crippen LogP contribution in [0.5, 0.6) is 11.5 Å². The third kappa shape index (κ3) is 2.12. The number of nitrogens with two attached hydrogens (primary N) is 1. The van der Waals surface area contributed by atoms with Gasteiger partial charge in [0.1, 0.15) is 0 Å². The van der Waals surface area contributed by atoms with Crippen LogP contribution < -0.4 is 15.2 Å². The zero-order valence-electron chi connectivity index (χ0n) is 11.1. The number of nitro groups is 1. The fraction of sp³-hybridized carbons (Fsp3) is 0.538. The molecule has 1 aliphatic rings. The van der Waals surface area contributed by atoms with Crippen LogP contribution in [0.1, 0.15) is 24.8 Å². The van der Waals surface area contributed by atoms with Crippen molar-refractivity contribution in [3.05, 3.63) is 27.8 Å². The summed E-state index contributed by atoms with van der Waals surface area (Å²) in [5, 5.41) is 11.2. The first-order valence-electron chi connectivity index (χ1n) is 6.19. The molecule has 0 aliphatic heterocycles. The Labute approximate surface area is 111 Å². The van der Waals surface area contributed by atoms with Crippen LogP contribution in [0.15, 0.2) is 12.1 Å². The minimum Gasteiger partial charge on any atom is -0.493 e. The number of nitrogens with zero attached hydrogens (tertiary/aromatic N) is 1. The van der Waals surface area contributed by atoms with Crippen molar-refractivity contribution < 1.29 is 14.4 Å². The molecule has 1 aliphatic carbocycles. The van der Waals surface area contributed by atoms with Gasteiger partial charge in [-0.25, -0.2) is 0 Å². The van der Waals surface area contributed by atoms with Crippen LogP contribution in [0.2, 0.25) is 0 Å². The molecule has 0 heterocycles. The third-order valence-electron chi connectivity index (χ3n) is 3.97. The van der Waals surface area contributed by atoms with E-state index in [2.05, 4.69) is 0 Å². The van der Waals surface area contributed by atoms with Crippen LogP contribution in [0.3, 0.4) is 0 Å². The third-order valence-corrected chi connectivity index (χ3v) is 3.97. The largest absolute Gasteiger partial charge is 0.493 e. The Morgan fingerprint density at radius 3 is 2.42 bits per heavy atom. The Hall–Kier alpha value is -1.82. The summed E-state index contributed by atoms with van der Waals surface area (Å²) in [6, 6.07) is 3.37. The minimum absolute atomic E-state index is 0.0726. The number of benzene rings is 1. The number of hydrogen-bond donors (Lipinski definition) is 1. The van der Waals surface area contributed by atoms with Crippen molar-refractivity contribution >= 4 is 5.69 Å². The van der Waals surface area contributed by atoms with E-state index in [9.17, 15) is 10.1 Å². The SMILES string of the molecule is COc1cc(C2(CN)CCC2)cc([N+](=O)[O-])c1OC. The molecule has 6 heteroatoms. The van der Waals surface area contributed by atoms with Gasteiger partial charge >= 0.3 is 5.69 Å². The Bertz CT molecular complexity index is 492. The Morgan fingerprint density at radius 2 is 2.05 bits per heavy atom. The van der Waals surface area contributed by atoms with Crippen molar-refractivity contribution in [1.29, 1.82) is 0 Å².